The van der Waals surface area contributed by atoms with Crippen molar-refractivity contribution in [1.29, 1.82) is 0 Å². The summed E-state index contributed by atoms with van der Waals surface area (Å²) < 4.78 is 1.21. The van der Waals surface area contributed by atoms with Gasteiger partial charge in [0.1, 0.15) is 5.01 Å². The molecule has 2 heterocycles. The number of thiazole rings is 1. The quantitative estimate of drug-likeness (QED) is 0.664. The van der Waals surface area contributed by atoms with Crippen molar-refractivity contribution in [2.75, 3.05) is 31.5 Å². The molecule has 0 bridgehead atoms. The van der Waals surface area contributed by atoms with Crippen LogP contribution in [0.1, 0.15) is 36.1 Å². The third-order valence-corrected chi connectivity index (χ3v) is 6.43. The first kappa shape index (κ1) is 21.5. The molecule has 1 saturated heterocycles. The Labute approximate surface area is 186 Å². The number of para-hydroxylation sites is 1. The second-order valence-corrected chi connectivity index (χ2v) is 10.0. The first-order chi connectivity index (χ1) is 14.8. The Kier molecular flexibility index (Phi) is 6.07. The van der Waals surface area contributed by atoms with E-state index in [4.69, 9.17) is 4.98 Å². The maximum absolute atomic E-state index is 13.0. The number of carbonyl (C=O) groups excluding carboxylic acids is 2. The van der Waals surface area contributed by atoms with Gasteiger partial charge in [-0.05, 0) is 30.3 Å². The summed E-state index contributed by atoms with van der Waals surface area (Å²) in [6, 6.07) is 15.4. The van der Waals surface area contributed by atoms with Gasteiger partial charge in [-0.1, -0.05) is 39.0 Å². The van der Waals surface area contributed by atoms with Crippen LogP contribution in [0.25, 0.3) is 10.2 Å². The zero-order chi connectivity index (χ0) is 22.0. The van der Waals surface area contributed by atoms with E-state index in [0.717, 1.165) is 30.2 Å². The molecule has 1 N–H and O–H groups in total. The highest BCUT2D eigenvalue weighted by Crippen LogP contribution is 2.23. The van der Waals surface area contributed by atoms with Crippen molar-refractivity contribution in [1.82, 2.24) is 14.8 Å². The Bertz CT molecular complexity index is 1060. The number of amides is 2. The van der Waals surface area contributed by atoms with Gasteiger partial charge < -0.3 is 10.2 Å². The summed E-state index contributed by atoms with van der Waals surface area (Å²) in [5.41, 5.74) is 1.82. The van der Waals surface area contributed by atoms with Crippen LogP contribution in [0, 0.1) is 5.41 Å². The van der Waals surface area contributed by atoms with Crippen molar-refractivity contribution in [3.63, 3.8) is 0 Å². The molecule has 2 aromatic carbocycles. The molecule has 0 unspecified atom stereocenters. The average Bonchev–Trinajstić information content (AvgIpc) is 3.15. The molecule has 2 amide bonds. The maximum atomic E-state index is 13.0. The highest BCUT2D eigenvalue weighted by atomic mass is 32.1. The third kappa shape index (κ3) is 5.11. The molecule has 6 nitrogen and oxygen atoms in total. The van der Waals surface area contributed by atoms with Crippen molar-refractivity contribution in [2.24, 2.45) is 5.41 Å². The summed E-state index contributed by atoms with van der Waals surface area (Å²) in [4.78, 5) is 34.2. The van der Waals surface area contributed by atoms with Gasteiger partial charge in [0.05, 0.1) is 16.8 Å². The van der Waals surface area contributed by atoms with E-state index >= 15 is 0 Å². The van der Waals surface area contributed by atoms with Gasteiger partial charge in [-0.15, -0.1) is 11.3 Å². The molecule has 0 aliphatic carbocycles. The summed E-state index contributed by atoms with van der Waals surface area (Å²) >= 11 is 1.74. The minimum atomic E-state index is -0.486. The molecule has 1 aliphatic heterocycles. The van der Waals surface area contributed by atoms with Crippen LogP contribution >= 0.6 is 11.3 Å². The number of anilines is 1. The van der Waals surface area contributed by atoms with E-state index in [9.17, 15) is 9.59 Å². The van der Waals surface area contributed by atoms with E-state index in [1.54, 1.807) is 17.4 Å². The standard InChI is InChI=1S/C24H28N4O2S/c1-24(2,3)23(30)25-18-8-6-7-17(15-18)22(29)28-13-11-27(12-14-28)16-21-26-19-9-4-5-10-20(19)31-21/h4-10,15H,11-14,16H2,1-3H3,(H,25,30). The largest absolute Gasteiger partial charge is 0.336 e. The Morgan fingerprint density at radius 1 is 1.03 bits per heavy atom. The zero-order valence-corrected chi connectivity index (χ0v) is 19.0. The van der Waals surface area contributed by atoms with Crippen molar-refractivity contribution in [3.05, 3.63) is 59.1 Å². The highest BCUT2D eigenvalue weighted by Gasteiger charge is 2.24. The number of carbonyl (C=O) groups is 2. The summed E-state index contributed by atoms with van der Waals surface area (Å²) in [7, 11) is 0. The van der Waals surface area contributed by atoms with Crippen LogP contribution in [0.4, 0.5) is 5.69 Å². The summed E-state index contributed by atoms with van der Waals surface area (Å²) in [6.07, 6.45) is 0. The Morgan fingerprint density at radius 2 is 1.77 bits per heavy atom. The molecule has 0 spiro atoms. The number of fused-ring (bicyclic) bond motifs is 1. The molecule has 1 fully saturated rings. The number of hydrogen-bond donors (Lipinski definition) is 1. The SMILES string of the molecule is CC(C)(C)C(=O)Nc1cccc(C(=O)N2CCN(Cc3nc4ccccc4s3)CC2)c1. The number of piperazine rings is 1. The normalized spacial score (nSPS) is 15.3. The van der Waals surface area contributed by atoms with Crippen molar-refractivity contribution >= 4 is 39.1 Å². The highest BCUT2D eigenvalue weighted by molar-refractivity contribution is 7.18. The van der Waals surface area contributed by atoms with Gasteiger partial charge in [-0.2, -0.15) is 0 Å². The predicted octanol–water partition coefficient (Wildman–Crippen LogP) is 4.24. The van der Waals surface area contributed by atoms with Gasteiger partial charge >= 0.3 is 0 Å². The lowest BCUT2D eigenvalue weighted by atomic mass is 9.95. The first-order valence-electron chi connectivity index (χ1n) is 10.6. The minimum absolute atomic E-state index is 0.00601. The van der Waals surface area contributed by atoms with Crippen molar-refractivity contribution in [2.45, 2.75) is 27.3 Å². The molecular formula is C24H28N4O2S. The van der Waals surface area contributed by atoms with E-state index in [0.29, 0.717) is 24.3 Å². The lowest BCUT2D eigenvalue weighted by molar-refractivity contribution is -0.123. The number of nitrogens with one attached hydrogen (secondary N) is 1. The van der Waals surface area contributed by atoms with E-state index < -0.39 is 5.41 Å². The predicted molar refractivity (Wildman–Crippen MR) is 125 cm³/mol. The van der Waals surface area contributed by atoms with Gasteiger partial charge in [0.15, 0.2) is 0 Å². The molecule has 1 aromatic heterocycles. The fourth-order valence-electron chi connectivity index (χ4n) is 3.52. The Morgan fingerprint density at radius 3 is 2.48 bits per heavy atom. The topological polar surface area (TPSA) is 65.5 Å². The van der Waals surface area contributed by atoms with Gasteiger partial charge in [0, 0.05) is 42.8 Å². The molecule has 3 aromatic rings. The third-order valence-electron chi connectivity index (χ3n) is 5.41. The van der Waals surface area contributed by atoms with Crippen LogP contribution in [0.15, 0.2) is 48.5 Å². The molecule has 7 heteroatoms. The average molecular weight is 437 g/mol. The van der Waals surface area contributed by atoms with E-state index in [2.05, 4.69) is 16.3 Å². The fraction of sp³-hybridized carbons (Fsp3) is 0.375. The lowest BCUT2D eigenvalue weighted by Gasteiger charge is -2.34. The number of benzene rings is 2. The Hall–Kier alpha value is -2.77. The second kappa shape index (κ2) is 8.77. The van der Waals surface area contributed by atoms with Crippen LogP contribution in [-0.4, -0.2) is 52.8 Å². The number of hydrogen-bond acceptors (Lipinski definition) is 5. The molecule has 31 heavy (non-hydrogen) atoms. The lowest BCUT2D eigenvalue weighted by Crippen LogP contribution is -2.48. The summed E-state index contributed by atoms with van der Waals surface area (Å²) in [5.74, 6) is -0.0629. The second-order valence-electron chi connectivity index (χ2n) is 8.93. The zero-order valence-electron chi connectivity index (χ0n) is 18.2. The molecule has 162 valence electrons. The number of rotatable bonds is 4. The molecule has 0 radical (unpaired) electrons. The maximum Gasteiger partial charge on any atom is 0.254 e. The van der Waals surface area contributed by atoms with Crippen LogP contribution in [-0.2, 0) is 11.3 Å². The molecule has 4 rings (SSSR count). The number of nitrogens with zero attached hydrogens (tertiary/aromatic N) is 3. The molecule has 0 saturated carbocycles. The minimum Gasteiger partial charge on any atom is -0.336 e. The van der Waals surface area contributed by atoms with E-state index in [-0.39, 0.29) is 11.8 Å². The first-order valence-corrected chi connectivity index (χ1v) is 11.4. The Balaban J connectivity index is 1.34. The van der Waals surface area contributed by atoms with Crippen LogP contribution in [0.2, 0.25) is 0 Å². The van der Waals surface area contributed by atoms with Crippen LogP contribution in [0.3, 0.4) is 0 Å². The van der Waals surface area contributed by atoms with Gasteiger partial charge in [0.25, 0.3) is 5.91 Å². The molecule has 1 aliphatic rings. The van der Waals surface area contributed by atoms with Crippen molar-refractivity contribution < 1.29 is 9.59 Å². The fourth-order valence-corrected chi connectivity index (χ4v) is 4.53. The molecule has 0 atom stereocenters. The van der Waals surface area contributed by atoms with E-state index in [1.807, 2.05) is 62.1 Å². The smallest absolute Gasteiger partial charge is 0.254 e. The summed E-state index contributed by atoms with van der Waals surface area (Å²) in [6.45, 7) is 9.42. The number of aromatic nitrogens is 1. The van der Waals surface area contributed by atoms with Gasteiger partial charge in [-0.25, -0.2) is 4.98 Å². The molecular weight excluding hydrogens is 408 g/mol. The van der Waals surface area contributed by atoms with Crippen LogP contribution in [0.5, 0.6) is 0 Å². The monoisotopic (exact) mass is 436 g/mol. The summed E-state index contributed by atoms with van der Waals surface area (Å²) in [5, 5.41) is 4.02. The van der Waals surface area contributed by atoms with E-state index in [1.165, 1.54) is 4.70 Å². The van der Waals surface area contributed by atoms with Gasteiger partial charge in [-0.3, -0.25) is 14.5 Å². The van der Waals surface area contributed by atoms with Gasteiger partial charge in [0.2, 0.25) is 5.91 Å². The van der Waals surface area contributed by atoms with Crippen LogP contribution < -0.4 is 5.32 Å². The van der Waals surface area contributed by atoms with Crippen molar-refractivity contribution in [3.8, 4) is 0 Å².